The molecule has 0 radical (unpaired) electrons. The van der Waals surface area contributed by atoms with Crippen LogP contribution in [0.25, 0.3) is 10.9 Å². The van der Waals surface area contributed by atoms with Gasteiger partial charge in [-0.2, -0.15) is 0 Å². The molecule has 2 rings (SSSR count). The van der Waals surface area contributed by atoms with Gasteiger partial charge in [-0.3, -0.25) is 9.59 Å². The highest BCUT2D eigenvalue weighted by Crippen LogP contribution is 2.20. The van der Waals surface area contributed by atoms with E-state index in [-0.39, 0.29) is 11.6 Å². The van der Waals surface area contributed by atoms with Crippen molar-refractivity contribution >= 4 is 22.5 Å². The Bertz CT molecular complexity index is 581. The fourth-order valence-electron chi connectivity index (χ4n) is 2.06. The maximum absolute atomic E-state index is 11.2. The van der Waals surface area contributed by atoms with Gasteiger partial charge in [0.05, 0.1) is 0 Å². The summed E-state index contributed by atoms with van der Waals surface area (Å²) in [5, 5.41) is 1.06. The van der Waals surface area contributed by atoms with Gasteiger partial charge >= 0.3 is 0 Å². The van der Waals surface area contributed by atoms with Crippen LogP contribution >= 0.6 is 0 Å². The number of nitrogens with one attached hydrogen (secondary N) is 1. The largest absolute Gasteiger partial charge is 0.358 e. The van der Waals surface area contributed by atoms with E-state index < -0.39 is 0 Å². The molecule has 0 fully saturated rings. The number of carbonyl (C=O) groups excluding carboxylic acids is 2. The Balaban J connectivity index is 2.45. The van der Waals surface area contributed by atoms with Crippen molar-refractivity contribution in [1.82, 2.24) is 4.98 Å². The van der Waals surface area contributed by atoms with Gasteiger partial charge in [0.15, 0.2) is 0 Å². The molecule has 0 aliphatic heterocycles. The lowest BCUT2D eigenvalue weighted by molar-refractivity contribution is -0.117. The zero-order chi connectivity index (χ0) is 12.4. The van der Waals surface area contributed by atoms with Gasteiger partial charge in [-0.05, 0) is 30.9 Å². The zero-order valence-corrected chi connectivity index (χ0v) is 10.0. The first kappa shape index (κ1) is 11.6. The summed E-state index contributed by atoms with van der Waals surface area (Å²) in [6.45, 7) is 3.15. The van der Waals surface area contributed by atoms with Crippen LogP contribution in [-0.4, -0.2) is 16.6 Å². The van der Waals surface area contributed by atoms with Crippen molar-refractivity contribution in [2.75, 3.05) is 0 Å². The second-order valence-corrected chi connectivity index (χ2v) is 4.43. The Morgan fingerprint density at radius 2 is 1.82 bits per heavy atom. The number of H-pyrrole nitrogens is 1. The predicted molar refractivity (Wildman–Crippen MR) is 67.1 cm³/mol. The molecule has 1 aromatic carbocycles. The Kier molecular flexibility index (Phi) is 3.09. The van der Waals surface area contributed by atoms with E-state index in [1.54, 1.807) is 13.8 Å². The van der Waals surface area contributed by atoms with E-state index in [2.05, 4.69) is 4.98 Å². The Morgan fingerprint density at radius 1 is 1.12 bits per heavy atom. The average Bonchev–Trinajstić information content (AvgIpc) is 2.59. The lowest BCUT2D eigenvalue weighted by Gasteiger charge is -1.99. The Morgan fingerprint density at radius 3 is 2.47 bits per heavy atom. The number of carbonyl (C=O) groups is 2. The number of Topliss-reactive ketones (excluding diaryl/α,β-unsaturated/α-hetero) is 2. The van der Waals surface area contributed by atoms with E-state index in [0.29, 0.717) is 12.8 Å². The lowest BCUT2D eigenvalue weighted by atomic mass is 10.1. The SMILES string of the molecule is CC(=O)Cc1cc2cccc(CC(C)=O)c2[nH]1. The highest BCUT2D eigenvalue weighted by atomic mass is 16.1. The number of hydrogen-bond acceptors (Lipinski definition) is 2. The molecule has 1 aromatic heterocycles. The van der Waals surface area contributed by atoms with Crippen molar-refractivity contribution in [3.05, 3.63) is 35.5 Å². The van der Waals surface area contributed by atoms with Gasteiger partial charge < -0.3 is 4.98 Å². The van der Waals surface area contributed by atoms with Gasteiger partial charge in [-0.15, -0.1) is 0 Å². The number of benzene rings is 1. The van der Waals surface area contributed by atoms with Crippen LogP contribution in [0.1, 0.15) is 25.1 Å². The summed E-state index contributed by atoms with van der Waals surface area (Å²) >= 11 is 0. The van der Waals surface area contributed by atoms with Crippen LogP contribution in [-0.2, 0) is 22.4 Å². The molecule has 88 valence electrons. The van der Waals surface area contributed by atoms with Crippen molar-refractivity contribution in [1.29, 1.82) is 0 Å². The maximum atomic E-state index is 11.2. The third kappa shape index (κ3) is 2.61. The number of hydrogen-bond donors (Lipinski definition) is 1. The van der Waals surface area contributed by atoms with E-state index >= 15 is 0 Å². The molecule has 0 aliphatic carbocycles. The highest BCUT2D eigenvalue weighted by Gasteiger charge is 2.08. The second-order valence-electron chi connectivity index (χ2n) is 4.43. The summed E-state index contributed by atoms with van der Waals surface area (Å²) in [6.07, 6.45) is 0.839. The second kappa shape index (κ2) is 4.53. The van der Waals surface area contributed by atoms with Gasteiger partial charge in [0.1, 0.15) is 11.6 Å². The van der Waals surface area contributed by atoms with Gasteiger partial charge in [-0.1, -0.05) is 18.2 Å². The molecule has 3 heteroatoms. The zero-order valence-electron chi connectivity index (χ0n) is 10.0. The van der Waals surface area contributed by atoms with Crippen LogP contribution in [0.5, 0.6) is 0 Å². The average molecular weight is 229 g/mol. The van der Waals surface area contributed by atoms with Crippen LogP contribution in [0, 0.1) is 0 Å². The van der Waals surface area contributed by atoms with E-state index in [0.717, 1.165) is 22.2 Å². The van der Waals surface area contributed by atoms with E-state index in [4.69, 9.17) is 0 Å². The molecule has 0 saturated heterocycles. The first-order valence-electron chi connectivity index (χ1n) is 5.64. The minimum Gasteiger partial charge on any atom is -0.358 e. The summed E-state index contributed by atoms with van der Waals surface area (Å²) in [4.78, 5) is 25.5. The smallest absolute Gasteiger partial charge is 0.135 e. The van der Waals surface area contributed by atoms with Gasteiger partial charge in [0.25, 0.3) is 0 Å². The topological polar surface area (TPSA) is 49.9 Å². The molecule has 3 nitrogen and oxygen atoms in total. The predicted octanol–water partition coefficient (Wildman–Crippen LogP) is 2.43. The van der Waals surface area contributed by atoms with Crippen LogP contribution in [0.2, 0.25) is 0 Å². The fourth-order valence-corrected chi connectivity index (χ4v) is 2.06. The molecule has 0 atom stereocenters. The molecule has 0 saturated carbocycles. The normalized spacial score (nSPS) is 10.7. The summed E-state index contributed by atoms with van der Waals surface area (Å²) in [5.74, 6) is 0.268. The van der Waals surface area contributed by atoms with Gasteiger partial charge in [-0.25, -0.2) is 0 Å². The third-order valence-electron chi connectivity index (χ3n) is 2.68. The molecule has 0 amide bonds. The number of aromatic nitrogens is 1. The maximum Gasteiger partial charge on any atom is 0.135 e. The standard InChI is InChI=1S/C14H15NO2/c1-9(16)6-11-4-3-5-12-8-13(7-10(2)17)15-14(11)12/h3-5,8,15H,6-7H2,1-2H3. The third-order valence-corrected chi connectivity index (χ3v) is 2.68. The van der Waals surface area contributed by atoms with Crippen molar-refractivity contribution in [2.24, 2.45) is 0 Å². The Hall–Kier alpha value is -1.90. The molecule has 17 heavy (non-hydrogen) atoms. The van der Waals surface area contributed by atoms with Crippen LogP contribution < -0.4 is 0 Å². The van der Waals surface area contributed by atoms with Crippen molar-refractivity contribution in [2.45, 2.75) is 26.7 Å². The van der Waals surface area contributed by atoms with Crippen LogP contribution in [0.3, 0.4) is 0 Å². The molecule has 1 heterocycles. The molecular weight excluding hydrogens is 214 g/mol. The fraction of sp³-hybridized carbons (Fsp3) is 0.286. The number of rotatable bonds is 4. The van der Waals surface area contributed by atoms with Gasteiger partial charge in [0.2, 0.25) is 0 Å². The molecule has 0 unspecified atom stereocenters. The van der Waals surface area contributed by atoms with E-state index in [1.165, 1.54) is 0 Å². The molecular formula is C14H15NO2. The summed E-state index contributed by atoms with van der Waals surface area (Å²) in [7, 11) is 0. The van der Waals surface area contributed by atoms with Crippen LogP contribution in [0.15, 0.2) is 24.3 Å². The van der Waals surface area contributed by atoms with E-state index in [9.17, 15) is 9.59 Å². The quantitative estimate of drug-likeness (QED) is 0.875. The van der Waals surface area contributed by atoms with Crippen molar-refractivity contribution < 1.29 is 9.59 Å². The number of aromatic amines is 1. The minimum absolute atomic E-state index is 0.129. The first-order chi connectivity index (χ1) is 8.06. The molecule has 0 aliphatic rings. The first-order valence-corrected chi connectivity index (χ1v) is 5.64. The summed E-state index contributed by atoms with van der Waals surface area (Å²) in [6, 6.07) is 7.84. The number of ketones is 2. The monoisotopic (exact) mass is 229 g/mol. The number of para-hydroxylation sites is 1. The van der Waals surface area contributed by atoms with E-state index in [1.807, 2.05) is 24.3 Å². The Labute approximate surface area is 99.8 Å². The summed E-state index contributed by atoms with van der Waals surface area (Å²) < 4.78 is 0. The molecule has 0 spiro atoms. The minimum atomic E-state index is 0.129. The molecule has 1 N–H and O–H groups in total. The number of fused-ring (bicyclic) bond motifs is 1. The van der Waals surface area contributed by atoms with Crippen LogP contribution in [0.4, 0.5) is 0 Å². The lowest BCUT2D eigenvalue weighted by Crippen LogP contribution is -1.98. The van der Waals surface area contributed by atoms with Crippen molar-refractivity contribution in [3.8, 4) is 0 Å². The summed E-state index contributed by atoms with van der Waals surface area (Å²) in [5.41, 5.74) is 2.87. The molecule has 2 aromatic rings. The van der Waals surface area contributed by atoms with Crippen molar-refractivity contribution in [3.63, 3.8) is 0 Å². The van der Waals surface area contributed by atoms with Gasteiger partial charge in [0, 0.05) is 24.1 Å². The molecule has 0 bridgehead atoms. The highest BCUT2D eigenvalue weighted by molar-refractivity contribution is 5.89.